The van der Waals surface area contributed by atoms with Crippen molar-refractivity contribution in [1.82, 2.24) is 4.57 Å². The summed E-state index contributed by atoms with van der Waals surface area (Å²) in [5.74, 6) is -1.21. The van der Waals surface area contributed by atoms with E-state index < -0.39 is 11.4 Å². The monoisotopic (exact) mass is 361 g/mol. The molecule has 7 heteroatoms. The Morgan fingerprint density at radius 1 is 1.28 bits per heavy atom. The number of carboxylic acids is 1. The van der Waals surface area contributed by atoms with Crippen LogP contribution in [0.25, 0.3) is 10.9 Å². The summed E-state index contributed by atoms with van der Waals surface area (Å²) < 4.78 is 1.87. The highest BCUT2D eigenvalue weighted by atomic mass is 35.5. The van der Waals surface area contributed by atoms with Gasteiger partial charge in [-0.15, -0.1) is 0 Å². The lowest BCUT2D eigenvalue weighted by Crippen LogP contribution is -2.43. The predicted octanol–water partition coefficient (Wildman–Crippen LogP) is 2.62. The molecule has 25 heavy (non-hydrogen) atoms. The smallest absolute Gasteiger partial charge is 0.341 e. The number of hydrogen-bond acceptors (Lipinski definition) is 4. The number of carbonyl (C=O) groups is 1. The average Bonchev–Trinajstić information content (AvgIpc) is 3.40. The molecule has 0 unspecified atom stereocenters. The molecule has 2 heterocycles. The van der Waals surface area contributed by atoms with Gasteiger partial charge >= 0.3 is 5.97 Å². The number of fused-ring (bicyclic) bond motifs is 1. The highest BCUT2D eigenvalue weighted by Crippen LogP contribution is 2.41. The minimum absolute atomic E-state index is 0.112. The molecule has 0 radical (unpaired) electrons. The molecule has 0 spiro atoms. The summed E-state index contributed by atoms with van der Waals surface area (Å²) in [6.45, 7) is 1.60. The first-order valence-electron chi connectivity index (χ1n) is 8.58. The van der Waals surface area contributed by atoms with Crippen molar-refractivity contribution in [2.45, 2.75) is 37.8 Å². The normalized spacial score (nSPS) is 20.9. The third-order valence-electron chi connectivity index (χ3n) is 5.08. The molecule has 6 nitrogen and oxygen atoms in total. The second-order valence-corrected chi connectivity index (χ2v) is 7.34. The number of aromatic carboxylic acids is 1. The molecule has 2 aliphatic rings. The highest BCUT2D eigenvalue weighted by molar-refractivity contribution is 6.38. The standard InChI is InChI=1S/C18H20ClN3O3/c19-15-14(21-7-1-2-10(20)8-21)6-5-12-16(15)22(11-3-4-11)9-13(17(12)23)18(24)25/h5-6,9-11H,1-4,7-8,20H2,(H,24,25)/t10-/m0/s1. The molecule has 1 aliphatic carbocycles. The van der Waals surface area contributed by atoms with Crippen LogP contribution in [-0.4, -0.2) is 34.8 Å². The third-order valence-corrected chi connectivity index (χ3v) is 5.45. The summed E-state index contributed by atoms with van der Waals surface area (Å²) in [6, 6.07) is 3.83. The topological polar surface area (TPSA) is 88.6 Å². The molecule has 3 N–H and O–H groups in total. The fraction of sp³-hybridized carbons (Fsp3) is 0.444. The molecule has 0 amide bonds. The van der Waals surface area contributed by atoms with E-state index in [4.69, 9.17) is 17.3 Å². The number of piperidine rings is 1. The van der Waals surface area contributed by atoms with Gasteiger partial charge in [0.05, 0.1) is 16.2 Å². The first kappa shape index (κ1) is 16.4. The molecule has 0 bridgehead atoms. The summed E-state index contributed by atoms with van der Waals surface area (Å²) in [4.78, 5) is 26.2. The van der Waals surface area contributed by atoms with E-state index in [9.17, 15) is 14.7 Å². The Morgan fingerprint density at radius 3 is 2.68 bits per heavy atom. The lowest BCUT2D eigenvalue weighted by Gasteiger charge is -2.33. The first-order valence-corrected chi connectivity index (χ1v) is 8.96. The van der Waals surface area contributed by atoms with Crippen LogP contribution >= 0.6 is 11.6 Å². The number of nitrogens with two attached hydrogens (primary N) is 1. The summed E-state index contributed by atoms with van der Waals surface area (Å²) in [5, 5.41) is 10.2. The highest BCUT2D eigenvalue weighted by Gasteiger charge is 2.29. The Hall–Kier alpha value is -2.05. The lowest BCUT2D eigenvalue weighted by atomic mass is 10.0. The van der Waals surface area contributed by atoms with Crippen molar-refractivity contribution in [3.8, 4) is 0 Å². The number of anilines is 1. The van der Waals surface area contributed by atoms with Crippen molar-refractivity contribution in [1.29, 1.82) is 0 Å². The number of carboxylic acid groups (broad SMARTS) is 1. The van der Waals surface area contributed by atoms with Crippen LogP contribution in [0.5, 0.6) is 0 Å². The Bertz CT molecular complexity index is 920. The van der Waals surface area contributed by atoms with Gasteiger partial charge in [-0.3, -0.25) is 4.79 Å². The summed E-state index contributed by atoms with van der Waals surface area (Å²) in [6.07, 6.45) is 5.37. The van der Waals surface area contributed by atoms with Gasteiger partial charge in [-0.05, 0) is 37.8 Å². The van der Waals surface area contributed by atoms with Gasteiger partial charge in [0, 0.05) is 36.8 Å². The quantitative estimate of drug-likeness (QED) is 0.877. The molecule has 2 aromatic rings. The lowest BCUT2D eigenvalue weighted by molar-refractivity contribution is 0.0695. The van der Waals surface area contributed by atoms with Crippen LogP contribution in [0.1, 0.15) is 42.1 Å². The van der Waals surface area contributed by atoms with Gasteiger partial charge < -0.3 is 20.3 Å². The van der Waals surface area contributed by atoms with E-state index in [1.165, 1.54) is 6.20 Å². The van der Waals surface area contributed by atoms with Crippen molar-refractivity contribution >= 4 is 34.2 Å². The molecule has 2 fully saturated rings. The van der Waals surface area contributed by atoms with Gasteiger partial charge in [-0.2, -0.15) is 0 Å². The van der Waals surface area contributed by atoms with Crippen LogP contribution < -0.4 is 16.1 Å². The minimum Gasteiger partial charge on any atom is -0.477 e. The summed E-state index contributed by atoms with van der Waals surface area (Å²) >= 11 is 6.71. The molecule has 1 atom stereocenters. The zero-order chi connectivity index (χ0) is 17.7. The molecule has 1 aliphatic heterocycles. The summed E-state index contributed by atoms with van der Waals surface area (Å²) in [7, 11) is 0. The van der Waals surface area contributed by atoms with Crippen molar-refractivity contribution in [2.75, 3.05) is 18.0 Å². The number of halogens is 1. The number of rotatable bonds is 3. The van der Waals surface area contributed by atoms with Crippen LogP contribution in [0, 0.1) is 0 Å². The maximum Gasteiger partial charge on any atom is 0.341 e. The Balaban J connectivity index is 1.94. The molecule has 1 saturated carbocycles. The van der Waals surface area contributed by atoms with Gasteiger partial charge in [-0.1, -0.05) is 11.6 Å². The van der Waals surface area contributed by atoms with Crippen LogP contribution in [0.3, 0.4) is 0 Å². The fourth-order valence-corrected chi connectivity index (χ4v) is 4.04. The number of benzene rings is 1. The molecule has 1 aromatic heterocycles. The van der Waals surface area contributed by atoms with Gasteiger partial charge in [0.2, 0.25) is 5.43 Å². The second kappa shape index (κ2) is 6.04. The van der Waals surface area contributed by atoms with Crippen LogP contribution in [0.4, 0.5) is 5.69 Å². The maximum atomic E-state index is 12.6. The van der Waals surface area contributed by atoms with E-state index in [1.54, 1.807) is 6.07 Å². The van der Waals surface area contributed by atoms with E-state index in [0.29, 0.717) is 15.9 Å². The first-order chi connectivity index (χ1) is 12.0. The molecular weight excluding hydrogens is 342 g/mol. The molecule has 1 saturated heterocycles. The van der Waals surface area contributed by atoms with Gasteiger partial charge in [-0.25, -0.2) is 4.79 Å². The van der Waals surface area contributed by atoms with Crippen molar-refractivity contribution in [2.24, 2.45) is 5.73 Å². The van der Waals surface area contributed by atoms with Crippen LogP contribution in [-0.2, 0) is 0 Å². The van der Waals surface area contributed by atoms with E-state index in [1.807, 2.05) is 10.6 Å². The Kier molecular flexibility index (Phi) is 3.96. The number of nitrogens with zero attached hydrogens (tertiary/aromatic N) is 2. The van der Waals surface area contributed by atoms with Gasteiger partial charge in [0.15, 0.2) is 0 Å². The SMILES string of the molecule is N[C@H]1CCCN(c2ccc3c(=O)c(C(=O)O)cn(C4CC4)c3c2Cl)C1. The largest absolute Gasteiger partial charge is 0.477 e. The zero-order valence-electron chi connectivity index (χ0n) is 13.7. The summed E-state index contributed by atoms with van der Waals surface area (Å²) in [5.41, 5.74) is 6.89. The minimum atomic E-state index is -1.21. The maximum absolute atomic E-state index is 12.6. The van der Waals surface area contributed by atoms with Gasteiger partial charge in [0.1, 0.15) is 5.56 Å². The van der Waals surface area contributed by atoms with Crippen molar-refractivity contribution in [3.63, 3.8) is 0 Å². The van der Waals surface area contributed by atoms with E-state index in [2.05, 4.69) is 4.90 Å². The van der Waals surface area contributed by atoms with Crippen molar-refractivity contribution in [3.05, 3.63) is 39.1 Å². The Labute approximate surface area is 149 Å². The predicted molar refractivity (Wildman–Crippen MR) is 97.9 cm³/mol. The van der Waals surface area contributed by atoms with Crippen molar-refractivity contribution < 1.29 is 9.90 Å². The van der Waals surface area contributed by atoms with Crippen LogP contribution in [0.2, 0.25) is 5.02 Å². The van der Waals surface area contributed by atoms with E-state index in [0.717, 1.165) is 44.5 Å². The third kappa shape index (κ3) is 2.79. The molecule has 4 rings (SSSR count). The van der Waals surface area contributed by atoms with E-state index in [-0.39, 0.29) is 17.6 Å². The van der Waals surface area contributed by atoms with Crippen LogP contribution in [0.15, 0.2) is 23.1 Å². The zero-order valence-corrected chi connectivity index (χ0v) is 14.5. The molecule has 132 valence electrons. The Morgan fingerprint density at radius 2 is 2.04 bits per heavy atom. The van der Waals surface area contributed by atoms with Gasteiger partial charge in [0.25, 0.3) is 0 Å². The van der Waals surface area contributed by atoms with E-state index >= 15 is 0 Å². The number of pyridine rings is 1. The average molecular weight is 362 g/mol. The second-order valence-electron chi connectivity index (χ2n) is 6.96. The number of aromatic nitrogens is 1. The molecular formula is C18H20ClN3O3. The molecule has 1 aromatic carbocycles. The number of hydrogen-bond donors (Lipinski definition) is 2. The fourth-order valence-electron chi connectivity index (χ4n) is 3.66.